The van der Waals surface area contributed by atoms with Gasteiger partial charge in [-0.2, -0.15) is 11.8 Å². The molecule has 0 aliphatic carbocycles. The first-order valence-electron chi connectivity index (χ1n) is 8.18. The number of hydrogen-bond acceptors (Lipinski definition) is 6. The van der Waals surface area contributed by atoms with Crippen LogP contribution in [0.3, 0.4) is 0 Å². The monoisotopic (exact) mass is 386 g/mol. The summed E-state index contributed by atoms with van der Waals surface area (Å²) in [5.74, 6) is 0.552. The van der Waals surface area contributed by atoms with E-state index in [9.17, 15) is 9.59 Å². The van der Waals surface area contributed by atoms with Gasteiger partial charge in [-0.25, -0.2) is 9.97 Å². The summed E-state index contributed by atoms with van der Waals surface area (Å²) in [6.45, 7) is 2.55. The molecule has 1 N–H and O–H groups in total. The lowest BCUT2D eigenvalue weighted by Crippen LogP contribution is -2.53. The molecule has 0 aromatic carbocycles. The summed E-state index contributed by atoms with van der Waals surface area (Å²) in [7, 11) is 0. The minimum atomic E-state index is -0.490. The Morgan fingerprint density at radius 3 is 2.84 bits per heavy atom. The molecule has 9 heteroatoms. The molecule has 7 nitrogen and oxygen atoms in total. The van der Waals surface area contributed by atoms with E-state index in [1.165, 1.54) is 19.3 Å². The smallest absolute Gasteiger partial charge is 0.316 e. The summed E-state index contributed by atoms with van der Waals surface area (Å²) in [5, 5.41) is 3.20. The number of aromatic nitrogens is 2. The van der Waals surface area contributed by atoms with Crippen molar-refractivity contribution < 1.29 is 14.3 Å². The Morgan fingerprint density at radius 2 is 2.20 bits per heavy atom. The lowest BCUT2D eigenvalue weighted by Gasteiger charge is -2.34. The maximum Gasteiger partial charge on any atom is 0.316 e. The van der Waals surface area contributed by atoms with E-state index >= 15 is 0 Å². The number of rotatable bonds is 7. The number of hydrogen-bond donors (Lipinski definition) is 1. The largest absolute Gasteiger partial charge is 0.458 e. The fraction of sp³-hybridized carbons (Fsp3) is 0.625. The Hall–Kier alpha value is -1.54. The van der Waals surface area contributed by atoms with E-state index < -0.39 is 6.04 Å². The minimum Gasteiger partial charge on any atom is -0.458 e. The highest BCUT2D eigenvalue weighted by Gasteiger charge is 2.30. The third-order valence-corrected chi connectivity index (χ3v) is 4.68. The van der Waals surface area contributed by atoms with Crippen LogP contribution in [0.1, 0.15) is 26.2 Å². The van der Waals surface area contributed by atoms with Gasteiger partial charge in [0, 0.05) is 13.5 Å². The standard InChI is InChI=1S/C16H23ClN4O3S/c1-11(22)20-14(5-7-25-2)15(23)21-6-3-4-13(10-21)24-16-18-8-12(17)9-19-16/h8-9,13-14H,3-7,10H2,1-2H3,(H,20,22). The van der Waals surface area contributed by atoms with Gasteiger partial charge in [-0.3, -0.25) is 9.59 Å². The van der Waals surface area contributed by atoms with Crippen molar-refractivity contribution in [3.63, 3.8) is 0 Å². The summed E-state index contributed by atoms with van der Waals surface area (Å²) in [6, 6.07) is -0.236. The number of nitrogens with one attached hydrogen (secondary N) is 1. The van der Waals surface area contributed by atoms with E-state index in [1.807, 2.05) is 6.26 Å². The van der Waals surface area contributed by atoms with Crippen LogP contribution in [-0.2, 0) is 9.59 Å². The van der Waals surface area contributed by atoms with Gasteiger partial charge in [0.25, 0.3) is 0 Å². The number of carbonyl (C=O) groups excluding carboxylic acids is 2. The zero-order valence-corrected chi connectivity index (χ0v) is 16.0. The van der Waals surface area contributed by atoms with Crippen LogP contribution >= 0.6 is 23.4 Å². The highest BCUT2D eigenvalue weighted by molar-refractivity contribution is 7.98. The Balaban J connectivity index is 1.96. The number of piperidine rings is 1. The van der Waals surface area contributed by atoms with Gasteiger partial charge >= 0.3 is 6.01 Å². The molecule has 2 amide bonds. The zero-order valence-electron chi connectivity index (χ0n) is 14.4. The molecule has 2 heterocycles. The number of carbonyl (C=O) groups is 2. The molecule has 1 saturated heterocycles. The van der Waals surface area contributed by atoms with Crippen LogP contribution in [0, 0.1) is 0 Å². The predicted molar refractivity (Wildman–Crippen MR) is 97.9 cm³/mol. The number of amides is 2. The third-order valence-electron chi connectivity index (χ3n) is 3.84. The Bertz CT molecular complexity index is 587. The van der Waals surface area contributed by atoms with E-state index in [0.29, 0.717) is 24.5 Å². The number of halogens is 1. The molecule has 2 rings (SSSR count). The van der Waals surface area contributed by atoms with Crippen LogP contribution in [0.25, 0.3) is 0 Å². The topological polar surface area (TPSA) is 84.4 Å². The molecule has 1 aliphatic rings. The average Bonchev–Trinajstić information content (AvgIpc) is 2.60. The van der Waals surface area contributed by atoms with Crippen molar-refractivity contribution in [1.29, 1.82) is 0 Å². The van der Waals surface area contributed by atoms with Crippen molar-refractivity contribution in [2.75, 3.05) is 25.1 Å². The second kappa shape index (κ2) is 9.82. The van der Waals surface area contributed by atoms with Crippen LogP contribution in [0.15, 0.2) is 12.4 Å². The molecule has 1 aromatic rings. The predicted octanol–water partition coefficient (Wildman–Crippen LogP) is 1.76. The fourth-order valence-electron chi connectivity index (χ4n) is 2.70. The van der Waals surface area contributed by atoms with Crippen LogP contribution in [0.4, 0.5) is 0 Å². The molecule has 1 aromatic heterocycles. The number of ether oxygens (including phenoxy) is 1. The van der Waals surface area contributed by atoms with Gasteiger partial charge in [0.2, 0.25) is 11.8 Å². The zero-order chi connectivity index (χ0) is 18.2. The first-order valence-corrected chi connectivity index (χ1v) is 9.95. The van der Waals surface area contributed by atoms with Gasteiger partial charge in [-0.1, -0.05) is 11.6 Å². The number of likely N-dealkylation sites (tertiary alicyclic amines) is 1. The molecule has 2 atom stereocenters. The number of thioether (sulfide) groups is 1. The quantitative estimate of drug-likeness (QED) is 0.768. The molecule has 0 radical (unpaired) electrons. The van der Waals surface area contributed by atoms with Crippen LogP contribution in [-0.4, -0.2) is 63.9 Å². The Kier molecular flexibility index (Phi) is 7.77. The van der Waals surface area contributed by atoms with E-state index in [0.717, 1.165) is 18.6 Å². The lowest BCUT2D eigenvalue weighted by atomic mass is 10.1. The molecule has 25 heavy (non-hydrogen) atoms. The lowest BCUT2D eigenvalue weighted by molar-refractivity contribution is -0.138. The summed E-state index contributed by atoms with van der Waals surface area (Å²) < 4.78 is 5.77. The van der Waals surface area contributed by atoms with Crippen molar-refractivity contribution in [2.45, 2.75) is 38.3 Å². The van der Waals surface area contributed by atoms with Crippen LogP contribution in [0.2, 0.25) is 5.02 Å². The van der Waals surface area contributed by atoms with Crippen molar-refractivity contribution in [1.82, 2.24) is 20.2 Å². The van der Waals surface area contributed by atoms with E-state index in [1.54, 1.807) is 16.7 Å². The van der Waals surface area contributed by atoms with Gasteiger partial charge < -0.3 is 15.0 Å². The molecule has 138 valence electrons. The highest BCUT2D eigenvalue weighted by Crippen LogP contribution is 2.17. The number of nitrogens with zero attached hydrogens (tertiary/aromatic N) is 3. The van der Waals surface area contributed by atoms with Crippen molar-refractivity contribution in [3.8, 4) is 6.01 Å². The van der Waals surface area contributed by atoms with Gasteiger partial charge in [0.05, 0.1) is 24.0 Å². The van der Waals surface area contributed by atoms with Gasteiger partial charge in [0.1, 0.15) is 12.1 Å². The van der Waals surface area contributed by atoms with E-state index in [-0.39, 0.29) is 23.9 Å². The van der Waals surface area contributed by atoms with Gasteiger partial charge in [0.15, 0.2) is 0 Å². The maximum absolute atomic E-state index is 12.8. The normalized spacial score (nSPS) is 18.5. The second-order valence-electron chi connectivity index (χ2n) is 5.88. The van der Waals surface area contributed by atoms with Crippen molar-refractivity contribution in [2.24, 2.45) is 0 Å². The summed E-state index contributed by atoms with van der Waals surface area (Å²) in [4.78, 5) is 34.0. The molecule has 2 unspecified atom stereocenters. The summed E-state index contributed by atoms with van der Waals surface area (Å²) in [5.41, 5.74) is 0. The summed E-state index contributed by atoms with van der Waals surface area (Å²) >= 11 is 7.42. The minimum absolute atomic E-state index is 0.0606. The van der Waals surface area contributed by atoms with Crippen LogP contribution < -0.4 is 10.1 Å². The SMILES string of the molecule is CSCCC(NC(C)=O)C(=O)N1CCCC(Oc2ncc(Cl)cn2)C1. The highest BCUT2D eigenvalue weighted by atomic mass is 35.5. The van der Waals surface area contributed by atoms with E-state index in [2.05, 4.69) is 15.3 Å². The Morgan fingerprint density at radius 1 is 1.48 bits per heavy atom. The fourth-order valence-corrected chi connectivity index (χ4v) is 3.27. The van der Waals surface area contributed by atoms with Crippen molar-refractivity contribution >= 4 is 35.2 Å². The first kappa shape index (κ1) is 19.8. The van der Waals surface area contributed by atoms with Gasteiger partial charge in [-0.05, 0) is 31.3 Å². The molecule has 0 bridgehead atoms. The molecule has 0 spiro atoms. The van der Waals surface area contributed by atoms with Crippen LogP contribution in [0.5, 0.6) is 6.01 Å². The maximum atomic E-state index is 12.8. The molecule has 0 saturated carbocycles. The summed E-state index contributed by atoms with van der Waals surface area (Å²) in [6.07, 6.45) is 7.03. The molecular formula is C16H23ClN4O3S. The third kappa shape index (κ3) is 6.36. The van der Waals surface area contributed by atoms with E-state index in [4.69, 9.17) is 16.3 Å². The Labute approximate surface area is 156 Å². The van der Waals surface area contributed by atoms with Crippen molar-refractivity contribution in [3.05, 3.63) is 17.4 Å². The molecule has 1 fully saturated rings. The molecule has 1 aliphatic heterocycles. The first-order chi connectivity index (χ1) is 12.0. The second-order valence-corrected chi connectivity index (χ2v) is 7.31. The molecular weight excluding hydrogens is 364 g/mol. The average molecular weight is 387 g/mol. The van der Waals surface area contributed by atoms with Gasteiger partial charge in [-0.15, -0.1) is 0 Å².